The molecule has 0 aliphatic heterocycles. The Morgan fingerprint density at radius 1 is 1.38 bits per heavy atom. The lowest BCUT2D eigenvalue weighted by Crippen LogP contribution is -2.20. The van der Waals surface area contributed by atoms with E-state index in [2.05, 4.69) is 10.6 Å². The van der Waals surface area contributed by atoms with Crippen LogP contribution in [0.4, 0.5) is 10.1 Å². The Labute approximate surface area is 127 Å². The van der Waals surface area contributed by atoms with Crippen LogP contribution in [0.5, 0.6) is 0 Å². The number of nitrogens with one attached hydrogen (secondary N) is 3. The minimum Gasteiger partial charge on any atom is -0.386 e. The molecular formula is C14H16ClFN4O. The fourth-order valence-corrected chi connectivity index (χ4v) is 1.48. The Bertz CT molecular complexity index is 555. The van der Waals surface area contributed by atoms with Crippen molar-refractivity contribution in [2.75, 3.05) is 18.4 Å². The van der Waals surface area contributed by atoms with Crippen molar-refractivity contribution < 1.29 is 9.18 Å². The standard InChI is InChI=1S/C14H16ClFN4O/c15-12-1-3-13(4-2-12)20-14(21)11(7-18)9-19-8-10(5-16)6-17/h1-5,7,9,18-19H,6,8,17H2,(H,20,21)/b10-5+,11-9+,18-7?. The number of benzene rings is 1. The second kappa shape index (κ2) is 8.89. The summed E-state index contributed by atoms with van der Waals surface area (Å²) in [4.78, 5) is 11.9. The summed E-state index contributed by atoms with van der Waals surface area (Å²) in [6.45, 7) is 0.243. The first kappa shape index (κ1) is 16.9. The molecule has 1 aromatic carbocycles. The highest BCUT2D eigenvalue weighted by Crippen LogP contribution is 2.13. The van der Waals surface area contributed by atoms with Crippen molar-refractivity contribution >= 4 is 29.4 Å². The first-order valence-corrected chi connectivity index (χ1v) is 6.47. The van der Waals surface area contributed by atoms with E-state index in [0.717, 1.165) is 6.21 Å². The van der Waals surface area contributed by atoms with Crippen molar-refractivity contribution in [2.45, 2.75) is 0 Å². The molecule has 0 aromatic heterocycles. The normalized spacial score (nSPS) is 12.0. The zero-order chi connectivity index (χ0) is 15.7. The van der Waals surface area contributed by atoms with Crippen LogP contribution in [0.1, 0.15) is 0 Å². The molecule has 0 aliphatic rings. The van der Waals surface area contributed by atoms with Gasteiger partial charge >= 0.3 is 0 Å². The number of amides is 1. The predicted molar refractivity (Wildman–Crippen MR) is 83.2 cm³/mol. The van der Waals surface area contributed by atoms with E-state index in [-0.39, 0.29) is 18.7 Å². The third kappa shape index (κ3) is 5.76. The molecule has 5 N–H and O–H groups in total. The third-order valence-electron chi connectivity index (χ3n) is 2.52. The van der Waals surface area contributed by atoms with Crippen LogP contribution in [-0.2, 0) is 4.79 Å². The molecule has 0 radical (unpaired) electrons. The topological polar surface area (TPSA) is 91.0 Å². The van der Waals surface area contributed by atoms with E-state index in [0.29, 0.717) is 22.6 Å². The summed E-state index contributed by atoms with van der Waals surface area (Å²) < 4.78 is 12.3. The van der Waals surface area contributed by atoms with Crippen LogP contribution >= 0.6 is 11.6 Å². The quantitative estimate of drug-likeness (QED) is 0.460. The molecule has 0 spiro atoms. The van der Waals surface area contributed by atoms with Gasteiger partial charge in [-0.25, -0.2) is 4.39 Å². The van der Waals surface area contributed by atoms with Crippen LogP contribution in [-0.4, -0.2) is 25.2 Å². The van der Waals surface area contributed by atoms with Crippen molar-refractivity contribution in [1.29, 1.82) is 5.41 Å². The number of nitrogens with two attached hydrogens (primary N) is 1. The molecule has 5 nitrogen and oxygen atoms in total. The Morgan fingerprint density at radius 3 is 2.57 bits per heavy atom. The molecular weight excluding hydrogens is 295 g/mol. The molecule has 0 aliphatic carbocycles. The van der Waals surface area contributed by atoms with E-state index in [9.17, 15) is 9.18 Å². The summed E-state index contributed by atoms with van der Waals surface area (Å²) in [6.07, 6.45) is 2.65. The molecule has 21 heavy (non-hydrogen) atoms. The first-order chi connectivity index (χ1) is 10.1. The third-order valence-corrected chi connectivity index (χ3v) is 2.77. The minimum absolute atomic E-state index is 0.0776. The average molecular weight is 311 g/mol. The molecule has 0 unspecified atom stereocenters. The highest BCUT2D eigenvalue weighted by atomic mass is 35.5. The van der Waals surface area contributed by atoms with Crippen LogP contribution < -0.4 is 16.4 Å². The van der Waals surface area contributed by atoms with Crippen molar-refractivity contribution in [3.63, 3.8) is 0 Å². The van der Waals surface area contributed by atoms with Crippen molar-refractivity contribution in [3.05, 3.63) is 53.0 Å². The van der Waals surface area contributed by atoms with E-state index in [1.807, 2.05) is 0 Å². The lowest BCUT2D eigenvalue weighted by Gasteiger charge is -2.07. The van der Waals surface area contributed by atoms with Gasteiger partial charge in [0.1, 0.15) is 0 Å². The Hall–Kier alpha value is -2.18. The van der Waals surface area contributed by atoms with Gasteiger partial charge in [-0.1, -0.05) is 11.6 Å². The number of carbonyl (C=O) groups excluding carboxylic acids is 1. The second-order valence-electron chi connectivity index (χ2n) is 4.06. The maximum atomic E-state index is 12.3. The zero-order valence-electron chi connectivity index (χ0n) is 11.2. The fourth-order valence-electron chi connectivity index (χ4n) is 1.36. The van der Waals surface area contributed by atoms with Gasteiger partial charge in [0.05, 0.1) is 11.9 Å². The first-order valence-electron chi connectivity index (χ1n) is 6.09. The molecule has 7 heteroatoms. The number of halogens is 2. The van der Waals surface area contributed by atoms with Gasteiger partial charge in [-0.3, -0.25) is 4.79 Å². The number of hydrogen-bond acceptors (Lipinski definition) is 4. The number of hydrogen-bond donors (Lipinski definition) is 4. The molecule has 1 amide bonds. The number of rotatable bonds is 7. The lowest BCUT2D eigenvalue weighted by atomic mass is 10.2. The Balaban J connectivity index is 2.64. The van der Waals surface area contributed by atoms with Gasteiger partial charge in [-0.05, 0) is 29.8 Å². The molecule has 1 aromatic rings. The molecule has 0 heterocycles. The van der Waals surface area contributed by atoms with Gasteiger partial charge in [0.15, 0.2) is 0 Å². The summed E-state index contributed by atoms with van der Waals surface area (Å²) >= 11 is 5.75. The summed E-state index contributed by atoms with van der Waals surface area (Å²) in [5.41, 5.74) is 6.31. The van der Waals surface area contributed by atoms with Crippen molar-refractivity contribution in [2.24, 2.45) is 5.73 Å². The zero-order valence-corrected chi connectivity index (χ0v) is 12.0. The van der Waals surface area contributed by atoms with E-state index in [4.69, 9.17) is 22.7 Å². The second-order valence-corrected chi connectivity index (χ2v) is 4.49. The highest BCUT2D eigenvalue weighted by molar-refractivity contribution is 6.30. The van der Waals surface area contributed by atoms with E-state index in [1.165, 1.54) is 6.20 Å². The van der Waals surface area contributed by atoms with Crippen molar-refractivity contribution in [3.8, 4) is 0 Å². The van der Waals surface area contributed by atoms with Gasteiger partial charge in [-0.15, -0.1) is 0 Å². The molecule has 0 saturated heterocycles. The van der Waals surface area contributed by atoms with E-state index in [1.54, 1.807) is 24.3 Å². The largest absolute Gasteiger partial charge is 0.386 e. The van der Waals surface area contributed by atoms with E-state index >= 15 is 0 Å². The number of anilines is 1. The average Bonchev–Trinajstić information content (AvgIpc) is 2.50. The van der Waals surface area contributed by atoms with Gasteiger partial charge in [-0.2, -0.15) is 0 Å². The molecule has 0 fully saturated rings. The molecule has 112 valence electrons. The van der Waals surface area contributed by atoms with Crippen LogP contribution in [0, 0.1) is 5.41 Å². The van der Waals surface area contributed by atoms with Crippen LogP contribution in [0.15, 0.2) is 47.9 Å². The van der Waals surface area contributed by atoms with Crippen LogP contribution in [0.25, 0.3) is 0 Å². The van der Waals surface area contributed by atoms with Gasteiger partial charge in [0, 0.05) is 36.2 Å². The molecule has 0 bridgehead atoms. The summed E-state index contributed by atoms with van der Waals surface area (Å²) in [5, 5.41) is 13.1. The van der Waals surface area contributed by atoms with Crippen molar-refractivity contribution in [1.82, 2.24) is 5.32 Å². The predicted octanol–water partition coefficient (Wildman–Crippen LogP) is 2.21. The molecule has 0 atom stereocenters. The van der Waals surface area contributed by atoms with Gasteiger partial charge in [0.25, 0.3) is 5.91 Å². The smallest absolute Gasteiger partial charge is 0.258 e. The fraction of sp³-hybridized carbons (Fsp3) is 0.143. The van der Waals surface area contributed by atoms with Crippen LogP contribution in [0.3, 0.4) is 0 Å². The Morgan fingerprint density at radius 2 is 2.05 bits per heavy atom. The highest BCUT2D eigenvalue weighted by Gasteiger charge is 2.07. The molecule has 1 rings (SSSR count). The maximum absolute atomic E-state index is 12.3. The Kier molecular flexibility index (Phi) is 7.14. The van der Waals surface area contributed by atoms with Gasteiger partial charge < -0.3 is 21.8 Å². The lowest BCUT2D eigenvalue weighted by molar-refractivity contribution is -0.112. The summed E-state index contributed by atoms with van der Waals surface area (Å²) in [5.74, 6) is -0.460. The minimum atomic E-state index is -0.460. The number of carbonyl (C=O) groups is 1. The molecule has 0 saturated carbocycles. The van der Waals surface area contributed by atoms with E-state index < -0.39 is 5.91 Å². The van der Waals surface area contributed by atoms with Crippen LogP contribution in [0.2, 0.25) is 5.02 Å². The summed E-state index contributed by atoms with van der Waals surface area (Å²) in [6, 6.07) is 6.58. The van der Waals surface area contributed by atoms with Gasteiger partial charge in [0.2, 0.25) is 0 Å². The maximum Gasteiger partial charge on any atom is 0.258 e. The SMILES string of the molecule is N=C/C(=C\NC/C(=C/F)CN)C(=O)Nc1ccc(Cl)cc1. The monoisotopic (exact) mass is 310 g/mol. The summed E-state index contributed by atoms with van der Waals surface area (Å²) in [7, 11) is 0.